The van der Waals surface area contributed by atoms with Crippen LogP contribution in [0.3, 0.4) is 0 Å². The molecule has 0 saturated carbocycles. The molecular weight excluding hydrogens is 222 g/mol. The summed E-state index contributed by atoms with van der Waals surface area (Å²) in [6.07, 6.45) is 1.88. The molecule has 1 aromatic heterocycles. The van der Waals surface area contributed by atoms with Crippen LogP contribution < -0.4 is 0 Å². The second-order valence-electron chi connectivity index (χ2n) is 4.16. The van der Waals surface area contributed by atoms with Crippen molar-refractivity contribution in [2.45, 2.75) is 26.2 Å². The second-order valence-corrected chi connectivity index (χ2v) is 5.16. The molecule has 3 nitrogen and oxygen atoms in total. The van der Waals surface area contributed by atoms with Crippen LogP contribution in [-0.2, 0) is 16.0 Å². The van der Waals surface area contributed by atoms with E-state index in [2.05, 4.69) is 0 Å². The first-order chi connectivity index (χ1) is 7.66. The SMILES string of the molecule is Cc1ccsc1CC(=O)N1CCCC(=O)C1. The van der Waals surface area contributed by atoms with Gasteiger partial charge < -0.3 is 4.90 Å². The van der Waals surface area contributed by atoms with Crippen molar-refractivity contribution < 1.29 is 9.59 Å². The van der Waals surface area contributed by atoms with Crippen molar-refractivity contribution in [3.63, 3.8) is 0 Å². The molecular formula is C12H15NO2S. The smallest absolute Gasteiger partial charge is 0.228 e. The summed E-state index contributed by atoms with van der Waals surface area (Å²) in [7, 11) is 0. The maximum absolute atomic E-state index is 11.9. The third-order valence-electron chi connectivity index (χ3n) is 2.88. The van der Waals surface area contributed by atoms with Crippen LogP contribution in [0.5, 0.6) is 0 Å². The average molecular weight is 237 g/mol. The molecule has 2 heterocycles. The molecule has 86 valence electrons. The topological polar surface area (TPSA) is 37.4 Å². The summed E-state index contributed by atoms with van der Waals surface area (Å²) in [5, 5.41) is 2.00. The minimum atomic E-state index is 0.0820. The minimum absolute atomic E-state index is 0.0820. The van der Waals surface area contributed by atoms with E-state index in [4.69, 9.17) is 0 Å². The first-order valence-corrected chi connectivity index (χ1v) is 6.37. The second kappa shape index (κ2) is 4.78. The maximum Gasteiger partial charge on any atom is 0.228 e. The van der Waals surface area contributed by atoms with Crippen LogP contribution in [0.4, 0.5) is 0 Å². The van der Waals surface area contributed by atoms with Crippen molar-refractivity contribution in [2.24, 2.45) is 0 Å². The molecule has 0 aromatic carbocycles. The van der Waals surface area contributed by atoms with Gasteiger partial charge in [0.1, 0.15) is 0 Å². The van der Waals surface area contributed by atoms with Gasteiger partial charge in [0.05, 0.1) is 13.0 Å². The quantitative estimate of drug-likeness (QED) is 0.786. The Morgan fingerprint density at radius 1 is 1.56 bits per heavy atom. The molecule has 0 unspecified atom stereocenters. The molecule has 16 heavy (non-hydrogen) atoms. The highest BCUT2D eigenvalue weighted by molar-refractivity contribution is 7.10. The van der Waals surface area contributed by atoms with Gasteiger partial charge in [0, 0.05) is 17.8 Å². The van der Waals surface area contributed by atoms with E-state index in [0.717, 1.165) is 17.8 Å². The van der Waals surface area contributed by atoms with E-state index >= 15 is 0 Å². The van der Waals surface area contributed by atoms with Gasteiger partial charge >= 0.3 is 0 Å². The predicted octanol–water partition coefficient (Wildman–Crippen LogP) is 1.79. The number of nitrogens with zero attached hydrogens (tertiary/aromatic N) is 1. The lowest BCUT2D eigenvalue weighted by molar-refractivity contribution is -0.136. The monoisotopic (exact) mass is 237 g/mol. The zero-order valence-electron chi connectivity index (χ0n) is 9.36. The van der Waals surface area contributed by atoms with E-state index in [-0.39, 0.29) is 11.7 Å². The van der Waals surface area contributed by atoms with Gasteiger partial charge in [-0.05, 0) is 30.4 Å². The molecule has 0 N–H and O–H groups in total. The Labute approximate surface area is 99.1 Å². The van der Waals surface area contributed by atoms with Crippen LogP contribution in [0.2, 0.25) is 0 Å². The van der Waals surface area contributed by atoms with Crippen molar-refractivity contribution in [1.82, 2.24) is 4.90 Å². The summed E-state index contributed by atoms with van der Waals surface area (Å²) in [6.45, 7) is 3.05. The van der Waals surface area contributed by atoms with Gasteiger partial charge in [-0.2, -0.15) is 0 Å². The van der Waals surface area contributed by atoms with Crippen LogP contribution in [0, 0.1) is 6.92 Å². The third kappa shape index (κ3) is 2.50. The molecule has 1 aromatic rings. The van der Waals surface area contributed by atoms with E-state index < -0.39 is 0 Å². The molecule has 1 saturated heterocycles. The normalized spacial score (nSPS) is 16.6. The minimum Gasteiger partial charge on any atom is -0.335 e. The fraction of sp³-hybridized carbons (Fsp3) is 0.500. The lowest BCUT2D eigenvalue weighted by Crippen LogP contribution is -2.40. The number of piperidine rings is 1. The summed E-state index contributed by atoms with van der Waals surface area (Å²) in [4.78, 5) is 26.0. The Hall–Kier alpha value is -1.16. The molecule has 1 fully saturated rings. The number of carbonyl (C=O) groups excluding carboxylic acids is 2. The highest BCUT2D eigenvalue weighted by Crippen LogP contribution is 2.17. The summed E-state index contributed by atoms with van der Waals surface area (Å²) in [6, 6.07) is 2.02. The maximum atomic E-state index is 11.9. The van der Waals surface area contributed by atoms with Crippen molar-refractivity contribution in [3.8, 4) is 0 Å². The first kappa shape index (κ1) is 11.3. The number of carbonyl (C=O) groups is 2. The number of rotatable bonds is 2. The molecule has 0 bridgehead atoms. The van der Waals surface area contributed by atoms with Gasteiger partial charge in [-0.3, -0.25) is 9.59 Å². The third-order valence-corrected chi connectivity index (χ3v) is 3.91. The van der Waals surface area contributed by atoms with Crippen LogP contribution in [-0.4, -0.2) is 29.7 Å². The van der Waals surface area contributed by atoms with Crippen LogP contribution in [0.1, 0.15) is 23.3 Å². The lowest BCUT2D eigenvalue weighted by Gasteiger charge is -2.25. The van der Waals surface area contributed by atoms with Gasteiger partial charge in [-0.25, -0.2) is 0 Å². The average Bonchev–Trinajstić information content (AvgIpc) is 2.64. The Kier molecular flexibility index (Phi) is 3.39. The van der Waals surface area contributed by atoms with Crippen molar-refractivity contribution in [3.05, 3.63) is 21.9 Å². The molecule has 0 radical (unpaired) electrons. The standard InChI is InChI=1S/C12H15NO2S/c1-9-4-6-16-11(9)7-12(15)13-5-2-3-10(14)8-13/h4,6H,2-3,5,7-8H2,1H3. The molecule has 1 amide bonds. The number of ketones is 1. The molecule has 0 aliphatic carbocycles. The van der Waals surface area contributed by atoms with E-state index in [1.807, 2.05) is 18.4 Å². The molecule has 0 spiro atoms. The summed E-state index contributed by atoms with van der Waals surface area (Å²) >= 11 is 1.61. The van der Waals surface area contributed by atoms with E-state index in [1.54, 1.807) is 16.2 Å². The number of hydrogen-bond acceptors (Lipinski definition) is 3. The zero-order valence-corrected chi connectivity index (χ0v) is 10.2. The van der Waals surface area contributed by atoms with Gasteiger partial charge in [0.25, 0.3) is 0 Å². The highest BCUT2D eigenvalue weighted by Gasteiger charge is 2.21. The number of hydrogen-bond donors (Lipinski definition) is 0. The Morgan fingerprint density at radius 3 is 3.00 bits per heavy atom. The highest BCUT2D eigenvalue weighted by atomic mass is 32.1. The summed E-state index contributed by atoms with van der Waals surface area (Å²) in [5.41, 5.74) is 1.17. The van der Waals surface area contributed by atoms with Gasteiger partial charge in [-0.15, -0.1) is 11.3 Å². The number of aryl methyl sites for hydroxylation is 1. The molecule has 0 atom stereocenters. The Bertz CT molecular complexity index is 411. The van der Waals surface area contributed by atoms with E-state index in [9.17, 15) is 9.59 Å². The summed E-state index contributed by atoms with van der Waals surface area (Å²) < 4.78 is 0. The summed E-state index contributed by atoms with van der Waals surface area (Å²) in [5.74, 6) is 0.265. The largest absolute Gasteiger partial charge is 0.335 e. The van der Waals surface area contributed by atoms with Crippen molar-refractivity contribution in [1.29, 1.82) is 0 Å². The number of amides is 1. The van der Waals surface area contributed by atoms with Gasteiger partial charge in [-0.1, -0.05) is 0 Å². The Balaban J connectivity index is 1.98. The first-order valence-electron chi connectivity index (χ1n) is 5.49. The molecule has 1 aliphatic rings. The molecule has 1 aliphatic heterocycles. The van der Waals surface area contributed by atoms with Gasteiger partial charge in [0.2, 0.25) is 5.91 Å². The fourth-order valence-electron chi connectivity index (χ4n) is 1.89. The Morgan fingerprint density at radius 2 is 2.38 bits per heavy atom. The van der Waals surface area contributed by atoms with Crippen LogP contribution >= 0.6 is 11.3 Å². The van der Waals surface area contributed by atoms with Crippen molar-refractivity contribution >= 4 is 23.0 Å². The fourth-order valence-corrected chi connectivity index (χ4v) is 2.78. The van der Waals surface area contributed by atoms with E-state index in [0.29, 0.717) is 19.4 Å². The predicted molar refractivity (Wildman–Crippen MR) is 63.6 cm³/mol. The number of Topliss-reactive ketones (excluding diaryl/α,β-unsaturated/α-hetero) is 1. The lowest BCUT2D eigenvalue weighted by atomic mass is 10.1. The van der Waals surface area contributed by atoms with Crippen molar-refractivity contribution in [2.75, 3.05) is 13.1 Å². The van der Waals surface area contributed by atoms with Gasteiger partial charge in [0.15, 0.2) is 5.78 Å². The number of thiophene rings is 1. The van der Waals surface area contributed by atoms with Crippen LogP contribution in [0.15, 0.2) is 11.4 Å². The van der Waals surface area contributed by atoms with Crippen LogP contribution in [0.25, 0.3) is 0 Å². The molecule has 2 rings (SSSR count). The zero-order chi connectivity index (χ0) is 11.5. The van der Waals surface area contributed by atoms with E-state index in [1.165, 1.54) is 5.56 Å². The molecule has 4 heteroatoms. The number of likely N-dealkylation sites (tertiary alicyclic amines) is 1.